The van der Waals surface area contributed by atoms with E-state index >= 15 is 0 Å². The maximum Gasteiger partial charge on any atom is 0.248 e. The van der Waals surface area contributed by atoms with E-state index in [1.807, 2.05) is 47.0 Å². The molecule has 1 aliphatic heterocycles. The molecule has 210 valence electrons. The van der Waals surface area contributed by atoms with Gasteiger partial charge in [-0.3, -0.25) is 14.4 Å². The van der Waals surface area contributed by atoms with Crippen LogP contribution >= 0.6 is 0 Å². The molecular weight excluding hydrogens is 510 g/mol. The molecule has 0 saturated carbocycles. The van der Waals surface area contributed by atoms with E-state index in [1.165, 1.54) is 18.1 Å². The molecule has 0 spiro atoms. The van der Waals surface area contributed by atoms with E-state index in [1.54, 1.807) is 6.20 Å². The molecule has 4 rings (SSSR count). The lowest BCUT2D eigenvalue weighted by Crippen LogP contribution is -2.52. The maximum absolute atomic E-state index is 13.7. The van der Waals surface area contributed by atoms with Crippen LogP contribution in [0.1, 0.15) is 11.1 Å². The van der Waals surface area contributed by atoms with Gasteiger partial charge in [-0.1, -0.05) is 12.1 Å². The van der Waals surface area contributed by atoms with Gasteiger partial charge in [-0.2, -0.15) is 5.10 Å². The molecule has 1 saturated heterocycles. The number of carbonyl (C=O) groups excluding carboxylic acids is 1. The number of carbonyl (C=O) groups is 1. The topological polar surface area (TPSA) is 89.3 Å². The fourth-order valence-electron chi connectivity index (χ4n) is 4.52. The number of halogens is 2. The third-order valence-electron chi connectivity index (χ3n) is 6.36. The second kappa shape index (κ2) is 13.0. The average molecular weight is 545 g/mol. The van der Waals surface area contributed by atoms with Gasteiger partial charge in [0.05, 0.1) is 19.3 Å². The van der Waals surface area contributed by atoms with E-state index in [4.69, 9.17) is 14.2 Å². The summed E-state index contributed by atoms with van der Waals surface area (Å²) < 4.78 is 45.4. The number of aliphatic hydroxyl groups is 1. The predicted molar refractivity (Wildman–Crippen MR) is 139 cm³/mol. The van der Waals surface area contributed by atoms with Crippen molar-refractivity contribution in [2.24, 2.45) is 0 Å². The summed E-state index contributed by atoms with van der Waals surface area (Å²) in [6.07, 6.45) is 3.76. The molecule has 2 heterocycles. The number of hydrogen-bond acceptors (Lipinski definition) is 7. The Balaban J connectivity index is 1.42. The molecule has 1 aliphatic rings. The molecule has 39 heavy (non-hydrogen) atoms. The van der Waals surface area contributed by atoms with E-state index in [9.17, 15) is 18.7 Å². The van der Waals surface area contributed by atoms with Crippen LogP contribution < -0.4 is 9.47 Å². The highest BCUT2D eigenvalue weighted by atomic mass is 19.2. The van der Waals surface area contributed by atoms with Crippen LogP contribution in [0.2, 0.25) is 0 Å². The van der Waals surface area contributed by atoms with Crippen molar-refractivity contribution >= 4 is 5.91 Å². The van der Waals surface area contributed by atoms with Gasteiger partial charge in [-0.15, -0.1) is 0 Å². The van der Waals surface area contributed by atoms with Crippen LogP contribution in [-0.4, -0.2) is 89.3 Å². The molecule has 0 radical (unpaired) electrons. The number of aromatic nitrogens is 2. The third kappa shape index (κ3) is 8.22. The lowest BCUT2D eigenvalue weighted by atomic mass is 10.0. The molecule has 1 fully saturated rings. The highest BCUT2D eigenvalue weighted by Gasteiger charge is 2.37. The van der Waals surface area contributed by atoms with Crippen LogP contribution in [-0.2, 0) is 22.6 Å². The number of rotatable bonds is 11. The third-order valence-corrected chi connectivity index (χ3v) is 6.36. The van der Waals surface area contributed by atoms with Gasteiger partial charge < -0.3 is 24.2 Å². The molecule has 9 nitrogen and oxygen atoms in total. The first-order chi connectivity index (χ1) is 18.7. The van der Waals surface area contributed by atoms with Gasteiger partial charge in [0.2, 0.25) is 5.91 Å². The zero-order valence-electron chi connectivity index (χ0n) is 22.2. The molecule has 11 heteroatoms. The maximum atomic E-state index is 13.7. The van der Waals surface area contributed by atoms with Crippen LogP contribution in [0.5, 0.6) is 11.5 Å². The van der Waals surface area contributed by atoms with E-state index in [-0.39, 0.29) is 38.0 Å². The van der Waals surface area contributed by atoms with Crippen molar-refractivity contribution in [3.05, 3.63) is 77.6 Å². The Morgan fingerprint density at radius 3 is 2.64 bits per heavy atom. The lowest BCUT2D eigenvalue weighted by Gasteiger charge is -2.33. The summed E-state index contributed by atoms with van der Waals surface area (Å²) in [5, 5.41) is 15.8. The Morgan fingerprint density at radius 1 is 1.08 bits per heavy atom. The van der Waals surface area contributed by atoms with Crippen molar-refractivity contribution in [1.82, 2.24) is 19.6 Å². The largest absolute Gasteiger partial charge is 0.492 e. The molecule has 1 amide bonds. The fourth-order valence-corrected chi connectivity index (χ4v) is 4.52. The van der Waals surface area contributed by atoms with E-state index in [0.29, 0.717) is 32.8 Å². The van der Waals surface area contributed by atoms with Crippen molar-refractivity contribution in [3.63, 3.8) is 0 Å². The summed E-state index contributed by atoms with van der Waals surface area (Å²) in [4.78, 5) is 16.2. The predicted octanol–water partition coefficient (Wildman–Crippen LogP) is 2.65. The number of benzene rings is 2. The quantitative estimate of drug-likeness (QED) is 0.397. The van der Waals surface area contributed by atoms with Crippen molar-refractivity contribution < 1.29 is 32.9 Å². The number of β-amino-alcohol motifs (C(OH)–C–C–N with tert-alkyl or cyclic N) is 1. The van der Waals surface area contributed by atoms with Crippen LogP contribution in [0, 0.1) is 18.6 Å². The fraction of sp³-hybridized carbons (Fsp3) is 0.429. The van der Waals surface area contributed by atoms with Gasteiger partial charge in [-0.05, 0) is 42.3 Å². The van der Waals surface area contributed by atoms with E-state index < -0.39 is 17.2 Å². The number of methoxy groups -OCH3 is 1. The Hall–Kier alpha value is -3.54. The van der Waals surface area contributed by atoms with E-state index in [2.05, 4.69) is 5.10 Å². The Morgan fingerprint density at radius 2 is 1.90 bits per heavy atom. The molecule has 0 unspecified atom stereocenters. The summed E-state index contributed by atoms with van der Waals surface area (Å²) in [5.74, 6) is -1.47. The first-order valence-electron chi connectivity index (χ1n) is 12.7. The molecule has 2 aromatic carbocycles. The lowest BCUT2D eigenvalue weighted by molar-refractivity contribution is -0.138. The average Bonchev–Trinajstić information content (AvgIpc) is 3.24. The first kappa shape index (κ1) is 28.5. The number of hydrogen-bond donors (Lipinski definition) is 1. The highest BCUT2D eigenvalue weighted by molar-refractivity contribution is 5.77. The van der Waals surface area contributed by atoms with Crippen LogP contribution in [0.25, 0.3) is 0 Å². The summed E-state index contributed by atoms with van der Waals surface area (Å²) in [5.41, 5.74) is 0.593. The standard InChI is InChI=1S/C28H34F2N4O5/c1-21-14-31-34(15-21)10-11-38-23-5-3-4-22(12-23)16-32-8-9-33(27(35)17-37-2)19-28(36,18-32)20-39-24-6-7-25(29)26(30)13-24/h3-7,12-15,36H,8-11,16-20H2,1-2H3/t28-/m0/s1. The van der Waals surface area contributed by atoms with Crippen molar-refractivity contribution in [3.8, 4) is 11.5 Å². The van der Waals surface area contributed by atoms with Crippen molar-refractivity contribution in [2.45, 2.75) is 25.6 Å². The smallest absolute Gasteiger partial charge is 0.248 e. The SMILES string of the molecule is COCC(=O)N1CCN(Cc2cccc(OCCn3cc(C)cn3)c2)C[C@@](O)(COc2ccc(F)c(F)c2)C1. The van der Waals surface area contributed by atoms with Gasteiger partial charge >= 0.3 is 0 Å². The van der Waals surface area contributed by atoms with Crippen LogP contribution in [0.15, 0.2) is 54.9 Å². The summed E-state index contributed by atoms with van der Waals surface area (Å²) in [6.45, 7) is 4.32. The number of nitrogens with zero attached hydrogens (tertiary/aromatic N) is 4. The minimum Gasteiger partial charge on any atom is -0.492 e. The minimum absolute atomic E-state index is 0.00538. The molecule has 0 aliphatic carbocycles. The van der Waals surface area contributed by atoms with Gasteiger partial charge in [0, 0.05) is 45.6 Å². The second-order valence-electron chi connectivity index (χ2n) is 9.82. The zero-order chi connectivity index (χ0) is 27.8. The first-order valence-corrected chi connectivity index (χ1v) is 12.7. The molecule has 3 aromatic rings. The van der Waals surface area contributed by atoms with E-state index in [0.717, 1.165) is 29.0 Å². The zero-order valence-corrected chi connectivity index (χ0v) is 22.2. The normalized spacial score (nSPS) is 18.1. The molecular formula is C28H34F2N4O5. The Kier molecular flexibility index (Phi) is 9.50. The highest BCUT2D eigenvalue weighted by Crippen LogP contribution is 2.22. The number of ether oxygens (including phenoxy) is 3. The number of amides is 1. The van der Waals surface area contributed by atoms with Gasteiger partial charge in [-0.25, -0.2) is 8.78 Å². The van der Waals surface area contributed by atoms with Crippen LogP contribution in [0.4, 0.5) is 8.78 Å². The molecule has 1 N–H and O–H groups in total. The minimum atomic E-state index is -1.47. The molecule has 0 bridgehead atoms. The summed E-state index contributed by atoms with van der Waals surface area (Å²) in [6, 6.07) is 10.9. The van der Waals surface area contributed by atoms with Crippen molar-refractivity contribution in [1.29, 1.82) is 0 Å². The summed E-state index contributed by atoms with van der Waals surface area (Å²) >= 11 is 0. The van der Waals surface area contributed by atoms with Gasteiger partial charge in [0.1, 0.15) is 36.9 Å². The van der Waals surface area contributed by atoms with Gasteiger partial charge in [0.15, 0.2) is 11.6 Å². The Bertz CT molecular complexity index is 1260. The Labute approximate surface area is 226 Å². The second-order valence-corrected chi connectivity index (χ2v) is 9.82. The molecule has 1 aromatic heterocycles. The number of aryl methyl sites for hydroxylation is 1. The molecule has 1 atom stereocenters. The van der Waals surface area contributed by atoms with Gasteiger partial charge in [0.25, 0.3) is 0 Å². The van der Waals surface area contributed by atoms with Crippen LogP contribution in [0.3, 0.4) is 0 Å². The van der Waals surface area contributed by atoms with Crippen molar-refractivity contribution in [2.75, 3.05) is 53.1 Å². The summed E-state index contributed by atoms with van der Waals surface area (Å²) in [7, 11) is 1.44. The monoisotopic (exact) mass is 544 g/mol.